The summed E-state index contributed by atoms with van der Waals surface area (Å²) in [4.78, 5) is 38.0. The molecule has 0 radical (unpaired) electrons. The van der Waals surface area contributed by atoms with Crippen molar-refractivity contribution in [2.75, 3.05) is 19.6 Å². The Morgan fingerprint density at radius 2 is 1.92 bits per heavy atom. The van der Waals surface area contributed by atoms with E-state index in [2.05, 4.69) is 20.2 Å². The average Bonchev–Trinajstić information content (AvgIpc) is 2.97. The molecule has 1 aromatic rings. The zero-order chi connectivity index (χ0) is 17.7. The summed E-state index contributed by atoms with van der Waals surface area (Å²) >= 11 is 1.12. The highest BCUT2D eigenvalue weighted by Crippen LogP contribution is 2.20. The maximum atomic E-state index is 12.4. The maximum Gasteiger partial charge on any atom is 0.309 e. The molecule has 0 unspecified atom stereocenters. The van der Waals surface area contributed by atoms with E-state index in [1.165, 1.54) is 0 Å². The van der Waals surface area contributed by atoms with E-state index in [1.807, 2.05) is 0 Å². The Hall–Kier alpha value is -2.03. The van der Waals surface area contributed by atoms with Gasteiger partial charge in [-0.05, 0) is 51.1 Å². The summed E-state index contributed by atoms with van der Waals surface area (Å²) in [6, 6.07) is -0.0674. The topological polar surface area (TPSA) is 104 Å². The number of aromatic nitrogens is 2. The number of nitrogens with zero attached hydrogens (tertiary/aromatic N) is 3. The number of hydrogen-bond donors (Lipinski definition) is 2. The first kappa shape index (κ1) is 18.3. The van der Waals surface area contributed by atoms with Crippen LogP contribution in [0.15, 0.2) is 0 Å². The first-order valence-electron chi connectivity index (χ1n) is 8.05. The highest BCUT2D eigenvalue weighted by Gasteiger charge is 2.26. The Balaban J connectivity index is 1.75. The molecular weight excluding hydrogens is 330 g/mol. The smallest absolute Gasteiger partial charge is 0.309 e. The Morgan fingerprint density at radius 1 is 1.25 bits per heavy atom. The summed E-state index contributed by atoms with van der Waals surface area (Å²) in [5.74, 6) is -0.967. The van der Waals surface area contributed by atoms with Gasteiger partial charge in [-0.3, -0.25) is 14.4 Å². The quantitative estimate of drug-likeness (QED) is 0.760. The Labute approximate surface area is 145 Å². The van der Waals surface area contributed by atoms with Gasteiger partial charge < -0.3 is 15.5 Å². The van der Waals surface area contributed by atoms with Gasteiger partial charge in [-0.2, -0.15) is 0 Å². The number of likely N-dealkylation sites (tertiary alicyclic amines) is 1. The van der Waals surface area contributed by atoms with E-state index in [-0.39, 0.29) is 17.9 Å². The van der Waals surface area contributed by atoms with Crippen LogP contribution >= 0.6 is 11.5 Å². The number of amides is 3. The maximum absolute atomic E-state index is 12.4. The molecule has 2 rings (SSSR count). The van der Waals surface area contributed by atoms with E-state index in [0.717, 1.165) is 24.4 Å². The van der Waals surface area contributed by atoms with Gasteiger partial charge in [0.15, 0.2) is 0 Å². The van der Waals surface area contributed by atoms with Crippen LogP contribution in [-0.4, -0.2) is 57.9 Å². The summed E-state index contributed by atoms with van der Waals surface area (Å²) < 4.78 is 3.80. The van der Waals surface area contributed by atoms with Crippen molar-refractivity contribution in [2.45, 2.75) is 39.7 Å². The number of piperidine rings is 1. The molecule has 0 spiro atoms. The Kier molecular flexibility index (Phi) is 6.24. The second-order valence-corrected chi connectivity index (χ2v) is 7.02. The average molecular weight is 353 g/mol. The third kappa shape index (κ3) is 4.73. The highest BCUT2D eigenvalue weighted by molar-refractivity contribution is 7.07. The fraction of sp³-hybridized carbons (Fsp3) is 0.667. The zero-order valence-corrected chi connectivity index (χ0v) is 15.0. The first-order chi connectivity index (χ1) is 11.4. The molecule has 1 fully saturated rings. The molecule has 0 atom stereocenters. The lowest BCUT2D eigenvalue weighted by Crippen LogP contribution is -2.46. The van der Waals surface area contributed by atoms with Crippen LogP contribution < -0.4 is 10.6 Å². The van der Waals surface area contributed by atoms with Crippen LogP contribution in [-0.2, 0) is 9.59 Å². The van der Waals surface area contributed by atoms with Gasteiger partial charge >= 0.3 is 11.8 Å². The molecule has 1 aromatic heterocycles. The van der Waals surface area contributed by atoms with Crippen LogP contribution in [0.3, 0.4) is 0 Å². The third-order valence-electron chi connectivity index (χ3n) is 3.92. The minimum Gasteiger partial charge on any atom is -0.348 e. The molecule has 9 heteroatoms. The Bertz CT molecular complexity index is 608. The van der Waals surface area contributed by atoms with E-state index in [0.29, 0.717) is 30.2 Å². The molecule has 2 heterocycles. The molecule has 0 bridgehead atoms. The number of carbonyl (C=O) groups excluding carboxylic acids is 3. The monoisotopic (exact) mass is 353 g/mol. The van der Waals surface area contributed by atoms with Crippen molar-refractivity contribution < 1.29 is 14.4 Å². The van der Waals surface area contributed by atoms with Crippen molar-refractivity contribution in [2.24, 2.45) is 5.92 Å². The van der Waals surface area contributed by atoms with Crippen LogP contribution in [0, 0.1) is 12.8 Å². The molecule has 3 amide bonds. The Morgan fingerprint density at radius 3 is 2.46 bits per heavy atom. The highest BCUT2D eigenvalue weighted by atomic mass is 32.1. The molecule has 24 heavy (non-hydrogen) atoms. The van der Waals surface area contributed by atoms with Crippen molar-refractivity contribution in [3.63, 3.8) is 0 Å². The summed E-state index contributed by atoms with van der Waals surface area (Å²) in [5, 5.41) is 9.09. The second-order valence-electron chi connectivity index (χ2n) is 6.26. The third-order valence-corrected chi connectivity index (χ3v) is 4.74. The minimum absolute atomic E-state index is 0.0266. The molecule has 2 N–H and O–H groups in total. The number of carbonyl (C=O) groups is 3. The SMILES string of the molecule is Cc1nnsc1C(=O)N1CCC(CNC(=O)C(=O)NC(C)C)CC1. The molecule has 1 aliphatic heterocycles. The van der Waals surface area contributed by atoms with Crippen LogP contribution in [0.1, 0.15) is 42.1 Å². The molecular formula is C15H23N5O3S. The summed E-state index contributed by atoms with van der Waals surface area (Å²) in [6.07, 6.45) is 1.59. The lowest BCUT2D eigenvalue weighted by Gasteiger charge is -2.31. The zero-order valence-electron chi connectivity index (χ0n) is 14.2. The fourth-order valence-electron chi connectivity index (χ4n) is 2.56. The molecule has 0 aliphatic carbocycles. The van der Waals surface area contributed by atoms with Gasteiger partial charge in [0, 0.05) is 25.7 Å². The van der Waals surface area contributed by atoms with Crippen molar-refractivity contribution in [3.05, 3.63) is 10.6 Å². The molecule has 1 aliphatic rings. The molecule has 132 valence electrons. The van der Waals surface area contributed by atoms with E-state index in [4.69, 9.17) is 0 Å². The number of hydrogen-bond acceptors (Lipinski definition) is 6. The van der Waals surface area contributed by atoms with Crippen LogP contribution in [0.25, 0.3) is 0 Å². The van der Waals surface area contributed by atoms with Crippen molar-refractivity contribution in [1.29, 1.82) is 0 Å². The van der Waals surface area contributed by atoms with Gasteiger partial charge in [0.05, 0.1) is 5.69 Å². The van der Waals surface area contributed by atoms with Gasteiger partial charge in [0.1, 0.15) is 4.88 Å². The minimum atomic E-state index is -0.606. The normalized spacial score (nSPS) is 15.4. The van der Waals surface area contributed by atoms with Gasteiger partial charge in [-0.15, -0.1) is 5.10 Å². The van der Waals surface area contributed by atoms with Crippen LogP contribution in [0.5, 0.6) is 0 Å². The van der Waals surface area contributed by atoms with E-state index in [1.54, 1.807) is 25.7 Å². The standard InChI is InChI=1S/C15H23N5O3S/c1-9(2)17-14(22)13(21)16-8-11-4-6-20(7-5-11)15(23)12-10(3)18-19-24-12/h9,11H,4-8H2,1-3H3,(H,16,21)(H,17,22). The fourth-order valence-corrected chi connectivity index (χ4v) is 3.18. The van der Waals surface area contributed by atoms with Crippen molar-refractivity contribution >= 4 is 29.3 Å². The number of rotatable bonds is 4. The van der Waals surface area contributed by atoms with Crippen molar-refractivity contribution in [1.82, 2.24) is 25.1 Å². The van der Waals surface area contributed by atoms with Gasteiger partial charge in [0.2, 0.25) is 0 Å². The first-order valence-corrected chi connectivity index (χ1v) is 8.82. The molecule has 1 saturated heterocycles. The van der Waals surface area contributed by atoms with Crippen LogP contribution in [0.2, 0.25) is 0 Å². The van der Waals surface area contributed by atoms with E-state index < -0.39 is 11.8 Å². The van der Waals surface area contributed by atoms with E-state index >= 15 is 0 Å². The second kappa shape index (κ2) is 8.18. The lowest BCUT2D eigenvalue weighted by atomic mass is 9.96. The largest absolute Gasteiger partial charge is 0.348 e. The molecule has 8 nitrogen and oxygen atoms in total. The summed E-state index contributed by atoms with van der Waals surface area (Å²) in [7, 11) is 0. The van der Waals surface area contributed by atoms with Crippen LogP contribution in [0.4, 0.5) is 0 Å². The summed E-state index contributed by atoms with van der Waals surface area (Å²) in [5.41, 5.74) is 0.663. The summed E-state index contributed by atoms with van der Waals surface area (Å²) in [6.45, 7) is 7.11. The van der Waals surface area contributed by atoms with Gasteiger partial charge in [-0.1, -0.05) is 4.49 Å². The van der Waals surface area contributed by atoms with E-state index in [9.17, 15) is 14.4 Å². The number of nitrogens with one attached hydrogen (secondary N) is 2. The molecule has 0 saturated carbocycles. The van der Waals surface area contributed by atoms with Gasteiger partial charge in [0.25, 0.3) is 5.91 Å². The predicted octanol–water partition coefficient (Wildman–Crippen LogP) is 0.340. The van der Waals surface area contributed by atoms with Gasteiger partial charge in [-0.25, -0.2) is 0 Å². The predicted molar refractivity (Wildman–Crippen MR) is 89.6 cm³/mol. The van der Waals surface area contributed by atoms with Crippen molar-refractivity contribution in [3.8, 4) is 0 Å². The molecule has 0 aromatic carbocycles. The number of aryl methyl sites for hydroxylation is 1. The lowest BCUT2D eigenvalue weighted by molar-refractivity contribution is -0.139.